The summed E-state index contributed by atoms with van der Waals surface area (Å²) in [6.07, 6.45) is 4.30. The lowest BCUT2D eigenvalue weighted by atomic mass is 9.95. The molecule has 0 radical (unpaired) electrons. The van der Waals surface area contributed by atoms with E-state index in [9.17, 15) is 9.59 Å². The van der Waals surface area contributed by atoms with Crippen molar-refractivity contribution in [1.29, 1.82) is 0 Å². The summed E-state index contributed by atoms with van der Waals surface area (Å²) in [6.45, 7) is 10.4. The zero-order chi connectivity index (χ0) is 36.7. The Bertz CT molecular complexity index is 2090. The maximum Gasteiger partial charge on any atom is 0.317 e. The van der Waals surface area contributed by atoms with Gasteiger partial charge >= 0.3 is 12.1 Å². The molecule has 5 aromatic rings. The fourth-order valence-electron chi connectivity index (χ4n) is 7.67. The number of fused-ring (bicyclic) bond motifs is 3. The van der Waals surface area contributed by atoms with Crippen molar-refractivity contribution >= 4 is 34.2 Å². The van der Waals surface area contributed by atoms with Crippen LogP contribution in [0, 0.1) is 6.92 Å². The molecule has 0 aliphatic carbocycles. The van der Waals surface area contributed by atoms with Gasteiger partial charge in [0.1, 0.15) is 0 Å². The number of carbonyl (C=O) groups is 2. The number of thiophene rings is 1. The first-order chi connectivity index (χ1) is 25.8. The third kappa shape index (κ3) is 8.82. The monoisotopic (exact) mass is 726 g/mol. The minimum Gasteiger partial charge on any atom is -0.338 e. The summed E-state index contributed by atoms with van der Waals surface area (Å²) in [7, 11) is 1.86. The van der Waals surface area contributed by atoms with Gasteiger partial charge in [0, 0.05) is 75.4 Å². The zero-order valence-electron chi connectivity index (χ0n) is 30.8. The maximum absolute atomic E-state index is 13.4. The minimum absolute atomic E-state index is 0.0733. The molecule has 1 aromatic heterocycles. The highest BCUT2D eigenvalue weighted by Crippen LogP contribution is 2.37. The topological polar surface area (TPSA) is 88.7 Å². The molecule has 4 amide bonds. The number of amides is 4. The first-order valence-corrected chi connectivity index (χ1v) is 19.6. The van der Waals surface area contributed by atoms with Crippen LogP contribution in [-0.2, 0) is 38.9 Å². The molecule has 0 saturated carbocycles. The van der Waals surface area contributed by atoms with Gasteiger partial charge in [-0.25, -0.2) is 9.59 Å². The maximum atomic E-state index is 13.4. The van der Waals surface area contributed by atoms with Gasteiger partial charge in [0.2, 0.25) is 0 Å². The van der Waals surface area contributed by atoms with E-state index in [2.05, 4.69) is 125 Å². The van der Waals surface area contributed by atoms with Crippen molar-refractivity contribution in [2.45, 2.75) is 57.9 Å². The number of urea groups is 2. The Balaban J connectivity index is 0.994. The van der Waals surface area contributed by atoms with Gasteiger partial charge in [-0.05, 0) is 93.9 Å². The molecule has 4 aromatic carbocycles. The number of hydrogen-bond acceptors (Lipinski definition) is 5. The van der Waals surface area contributed by atoms with Crippen molar-refractivity contribution < 1.29 is 9.59 Å². The van der Waals surface area contributed by atoms with Gasteiger partial charge in [0.25, 0.3) is 0 Å². The van der Waals surface area contributed by atoms with Crippen LogP contribution in [0.4, 0.5) is 9.59 Å². The molecule has 3 heterocycles. The van der Waals surface area contributed by atoms with Crippen LogP contribution < -0.4 is 21.3 Å². The van der Waals surface area contributed by atoms with Gasteiger partial charge in [-0.3, -0.25) is 0 Å². The van der Waals surface area contributed by atoms with Crippen molar-refractivity contribution in [3.63, 3.8) is 0 Å². The smallest absolute Gasteiger partial charge is 0.317 e. The standard InChI is InChI=1S/C44H50N6O2S/c1-4-18-50(29-39-24-34-10-6-8-12-37(34)26-47-39)44(52)45-17-15-32-16-19-53-42(32)41-22-31(21-35-14-13-30(2)20-40(35)41)28-49(3)43(51)48-27-38-23-33-9-5-7-11-36(33)25-46-38/h4-14,16,19-22,38-39,46-47H,1,15,17-18,23-29H2,2-3H3,(H,45,52)(H,48,51). The number of hydrogen-bond donors (Lipinski definition) is 4. The number of aryl methyl sites for hydroxylation is 1. The SMILES string of the molecule is C=CCN(CC1Cc2ccccc2CN1)C(=O)NCCc1ccsc1-c1cc(CN(C)C(=O)NCC2Cc3ccccc3CN2)cc2ccc(C)cc12. The lowest BCUT2D eigenvalue weighted by molar-refractivity contribution is 0.196. The van der Waals surface area contributed by atoms with Crippen molar-refractivity contribution in [1.82, 2.24) is 31.1 Å². The summed E-state index contributed by atoms with van der Waals surface area (Å²) in [5.41, 5.74) is 9.99. The molecular formula is C44H50N6O2S. The fraction of sp³-hybridized carbons (Fsp3) is 0.318. The molecule has 0 spiro atoms. The van der Waals surface area contributed by atoms with Crippen molar-refractivity contribution in [2.24, 2.45) is 0 Å². The molecule has 7 rings (SSSR count). The second kappa shape index (κ2) is 16.8. The molecule has 0 fully saturated rings. The van der Waals surface area contributed by atoms with Crippen LogP contribution in [0.25, 0.3) is 21.2 Å². The molecule has 2 unspecified atom stereocenters. The van der Waals surface area contributed by atoms with Gasteiger partial charge in [-0.1, -0.05) is 78.4 Å². The highest BCUT2D eigenvalue weighted by atomic mass is 32.1. The molecule has 9 heteroatoms. The number of nitrogens with zero attached hydrogens (tertiary/aromatic N) is 2. The number of benzene rings is 4. The van der Waals surface area contributed by atoms with Crippen molar-refractivity contribution in [2.75, 3.05) is 33.2 Å². The Hall–Kier alpha value is -4.96. The van der Waals surface area contributed by atoms with Crippen LogP contribution >= 0.6 is 11.3 Å². The molecule has 2 atom stereocenters. The number of nitrogens with one attached hydrogen (secondary N) is 4. The lowest BCUT2D eigenvalue weighted by Gasteiger charge is -2.31. The van der Waals surface area contributed by atoms with E-state index in [0.717, 1.165) is 42.4 Å². The first-order valence-electron chi connectivity index (χ1n) is 18.7. The van der Waals surface area contributed by atoms with Crippen molar-refractivity contribution in [3.05, 3.63) is 142 Å². The Kier molecular flexibility index (Phi) is 11.5. The molecule has 2 aliphatic rings. The fourth-order valence-corrected chi connectivity index (χ4v) is 8.65. The predicted octanol–water partition coefficient (Wildman–Crippen LogP) is 7.19. The van der Waals surface area contributed by atoms with Crippen LogP contribution in [0.2, 0.25) is 0 Å². The third-order valence-electron chi connectivity index (χ3n) is 10.5. The molecule has 0 bridgehead atoms. The second-order valence-electron chi connectivity index (χ2n) is 14.5. The van der Waals surface area contributed by atoms with E-state index >= 15 is 0 Å². The molecule has 2 aliphatic heterocycles. The summed E-state index contributed by atoms with van der Waals surface area (Å²) >= 11 is 1.72. The van der Waals surface area contributed by atoms with Crippen LogP contribution in [-0.4, -0.2) is 67.2 Å². The highest BCUT2D eigenvalue weighted by Gasteiger charge is 2.23. The van der Waals surface area contributed by atoms with Gasteiger partial charge < -0.3 is 31.1 Å². The Labute approximate surface area is 317 Å². The van der Waals surface area contributed by atoms with Crippen LogP contribution in [0.3, 0.4) is 0 Å². The predicted molar refractivity (Wildman–Crippen MR) is 217 cm³/mol. The molecule has 8 nitrogen and oxygen atoms in total. The average Bonchev–Trinajstić information content (AvgIpc) is 3.64. The van der Waals surface area contributed by atoms with Gasteiger partial charge in [-0.15, -0.1) is 17.9 Å². The van der Waals surface area contributed by atoms with Crippen LogP contribution in [0.5, 0.6) is 0 Å². The number of carbonyl (C=O) groups excluding carboxylic acids is 2. The van der Waals surface area contributed by atoms with Crippen LogP contribution in [0.1, 0.15) is 38.9 Å². The van der Waals surface area contributed by atoms with E-state index in [4.69, 9.17) is 0 Å². The van der Waals surface area contributed by atoms with E-state index in [-0.39, 0.29) is 24.1 Å². The van der Waals surface area contributed by atoms with Crippen molar-refractivity contribution in [3.8, 4) is 10.4 Å². The third-order valence-corrected chi connectivity index (χ3v) is 11.5. The molecule has 0 saturated heterocycles. The van der Waals surface area contributed by atoms with E-state index in [1.54, 1.807) is 22.3 Å². The second-order valence-corrected chi connectivity index (χ2v) is 15.4. The van der Waals surface area contributed by atoms with E-state index < -0.39 is 0 Å². The molecular weight excluding hydrogens is 677 g/mol. The van der Waals surface area contributed by atoms with Gasteiger partial charge in [0.05, 0.1) is 0 Å². The lowest BCUT2D eigenvalue weighted by Crippen LogP contribution is -2.49. The normalized spacial score (nSPS) is 16.3. The number of rotatable bonds is 12. The Morgan fingerprint density at radius 2 is 1.57 bits per heavy atom. The minimum atomic E-state index is -0.0849. The van der Waals surface area contributed by atoms with E-state index in [1.807, 2.05) is 11.9 Å². The Morgan fingerprint density at radius 1 is 0.868 bits per heavy atom. The van der Waals surface area contributed by atoms with Gasteiger partial charge in [-0.2, -0.15) is 0 Å². The Morgan fingerprint density at radius 3 is 2.30 bits per heavy atom. The molecule has 274 valence electrons. The highest BCUT2D eigenvalue weighted by molar-refractivity contribution is 7.13. The van der Waals surface area contributed by atoms with E-state index in [1.165, 1.54) is 43.6 Å². The van der Waals surface area contributed by atoms with Gasteiger partial charge in [0.15, 0.2) is 0 Å². The quantitative estimate of drug-likeness (QED) is 0.103. The van der Waals surface area contributed by atoms with E-state index in [0.29, 0.717) is 39.1 Å². The zero-order valence-corrected chi connectivity index (χ0v) is 31.6. The van der Waals surface area contributed by atoms with Crippen LogP contribution in [0.15, 0.2) is 103 Å². The summed E-state index contributed by atoms with van der Waals surface area (Å²) in [4.78, 5) is 31.5. The summed E-state index contributed by atoms with van der Waals surface area (Å²) in [5.74, 6) is 0. The average molecular weight is 727 g/mol. The summed E-state index contributed by atoms with van der Waals surface area (Å²) in [6, 6.07) is 30.4. The molecule has 4 N–H and O–H groups in total. The largest absolute Gasteiger partial charge is 0.338 e. The summed E-state index contributed by atoms with van der Waals surface area (Å²) in [5, 5.41) is 18.0. The molecule has 53 heavy (non-hydrogen) atoms. The first kappa shape index (κ1) is 36.4. The summed E-state index contributed by atoms with van der Waals surface area (Å²) < 4.78 is 0.